The predicted molar refractivity (Wildman–Crippen MR) is 556 cm³/mol. The van der Waals surface area contributed by atoms with Crippen molar-refractivity contribution in [1.29, 1.82) is 15.8 Å². The number of hydrogen-bond acceptors (Lipinski definition) is 7. The van der Waals surface area contributed by atoms with Crippen LogP contribution in [0.2, 0.25) is 0 Å². The second-order valence-corrected chi connectivity index (χ2v) is 34.2. The minimum absolute atomic E-state index is 0.364. The average Bonchev–Trinajstić information content (AvgIpc) is 1.57. The molecule has 0 aliphatic heterocycles. The monoisotopic (exact) mass is 1760 g/mol. The summed E-state index contributed by atoms with van der Waals surface area (Å²) in [7, 11) is 0. The number of fused-ring (bicyclic) bond motifs is 18. The third-order valence-corrected chi connectivity index (χ3v) is 26.7. The fourth-order valence-electron chi connectivity index (χ4n) is 20.5. The molecule has 0 fully saturated rings. The molecule has 0 spiro atoms. The summed E-state index contributed by atoms with van der Waals surface area (Å²) in [6.07, 6.45) is 0. The van der Waals surface area contributed by atoms with Crippen molar-refractivity contribution in [2.24, 2.45) is 0 Å². The molecule has 8 aromatic heterocycles. The van der Waals surface area contributed by atoms with E-state index in [1.165, 1.54) is 43.1 Å². The molecule has 18 aromatic carbocycles. The van der Waals surface area contributed by atoms with Crippen LogP contribution in [0.5, 0.6) is 0 Å². The molecular weight excluding hydrogens is 1690 g/mol. The maximum absolute atomic E-state index is 11.0. The van der Waals surface area contributed by atoms with Crippen LogP contribution >= 0.6 is 0 Å². The summed E-state index contributed by atoms with van der Waals surface area (Å²) in [6.45, 7) is 24.5. The van der Waals surface area contributed by atoms with Gasteiger partial charge in [0.05, 0.1) is 149 Å². The summed E-state index contributed by atoms with van der Waals surface area (Å²) < 4.78 is 13.9. The molecule has 0 radical (unpaired) electrons. The number of hydrogen-bond donors (Lipinski definition) is 0. The number of benzene rings is 18. The van der Waals surface area contributed by atoms with Crippen LogP contribution in [0.15, 0.2) is 413 Å². The molecule has 138 heavy (non-hydrogen) atoms. The Morgan fingerprint density at radius 2 is 0.493 bits per heavy atom. The molecule has 0 saturated heterocycles. The molecule has 0 saturated carbocycles. The van der Waals surface area contributed by atoms with Crippen LogP contribution in [0, 0.1) is 53.7 Å². The zero-order valence-corrected chi connectivity index (χ0v) is 73.4. The molecule has 0 atom stereocenters. The van der Waals surface area contributed by atoms with E-state index in [0.717, 1.165) is 133 Å². The Labute approximate surface area is 789 Å². The largest absolute Gasteiger partial charge is 0.319 e. The summed E-state index contributed by atoms with van der Waals surface area (Å²) in [5.74, 6) is 0.813. The maximum atomic E-state index is 11.0. The molecule has 0 N–H and O–H groups in total. The second-order valence-electron chi connectivity index (χ2n) is 34.2. The SMILES string of the molecule is N#Cc1ccc(-c2cc(-c3ccc(-n4c5ccc(-n6c7ccccc7c7ccccc76)cc5c5cc(-n6c7ccccc7c7ccccc76)ccc54)cc3C#N)nc(-c3ccc(C#N)cc3)n2)cc1.[C-]#[N+]c1ccccc1-c1cc(-c2ccc(-n3c4ccc(-n5c6ccccc6c6ccccc65)cc4c4cc(-n5c6ccccc6c6ccccc65)ccc43)c([N+]#[C-])c2)nc(-c2ccccc2[N+]#[C-])n1. The molecule has 0 unspecified atom stereocenters. The first-order valence-corrected chi connectivity index (χ1v) is 45.1. The molecule has 0 aliphatic rings. The van der Waals surface area contributed by atoms with Gasteiger partial charge in [0.2, 0.25) is 5.69 Å². The average molecular weight is 1760 g/mol. The van der Waals surface area contributed by atoms with Crippen LogP contribution in [0.25, 0.3) is 247 Å². The van der Waals surface area contributed by atoms with Gasteiger partial charge in [-0.3, -0.25) is 0 Å². The Kier molecular flexibility index (Phi) is 18.8. The zero-order valence-electron chi connectivity index (χ0n) is 73.4. The topological polar surface area (TPSA) is 166 Å². The highest BCUT2D eigenvalue weighted by atomic mass is 15.0. The van der Waals surface area contributed by atoms with E-state index in [1.807, 2.05) is 103 Å². The summed E-state index contributed by atoms with van der Waals surface area (Å²) in [5, 5.41) is 43.8. The van der Waals surface area contributed by atoms with Gasteiger partial charge in [-0.2, -0.15) is 15.8 Å². The van der Waals surface area contributed by atoms with Crippen molar-refractivity contribution in [1.82, 2.24) is 47.3 Å². The summed E-state index contributed by atoms with van der Waals surface area (Å²) in [6, 6.07) is 147. The molecular formula is C122H68N16. The van der Waals surface area contributed by atoms with Crippen molar-refractivity contribution in [2.75, 3.05) is 0 Å². The van der Waals surface area contributed by atoms with Crippen molar-refractivity contribution >= 4 is 148 Å². The Morgan fingerprint density at radius 3 is 0.877 bits per heavy atom. The maximum Gasteiger partial charge on any atom is 0.211 e. The predicted octanol–water partition coefficient (Wildman–Crippen LogP) is 30.8. The van der Waals surface area contributed by atoms with Crippen molar-refractivity contribution < 1.29 is 0 Å². The van der Waals surface area contributed by atoms with Gasteiger partial charge in [-0.1, -0.05) is 212 Å². The molecule has 16 heteroatoms. The minimum atomic E-state index is 0.364. The Balaban J connectivity index is 0.000000146. The Bertz CT molecular complexity index is 9260. The lowest BCUT2D eigenvalue weighted by Gasteiger charge is -2.14. The summed E-state index contributed by atoms with van der Waals surface area (Å²) in [4.78, 5) is 31.7. The molecule has 16 nitrogen and oxygen atoms in total. The van der Waals surface area contributed by atoms with Crippen LogP contribution in [0.4, 0.5) is 17.1 Å². The fraction of sp³-hybridized carbons (Fsp3) is 0. The van der Waals surface area contributed by atoms with Crippen molar-refractivity contribution in [2.45, 2.75) is 0 Å². The van der Waals surface area contributed by atoms with E-state index < -0.39 is 0 Å². The third kappa shape index (κ3) is 12.9. The minimum Gasteiger partial charge on any atom is -0.319 e. The van der Waals surface area contributed by atoms with E-state index in [4.69, 9.17) is 39.7 Å². The van der Waals surface area contributed by atoms with E-state index in [0.29, 0.717) is 90.4 Å². The highest BCUT2D eigenvalue weighted by Crippen LogP contribution is 2.47. The van der Waals surface area contributed by atoms with Crippen LogP contribution in [-0.4, -0.2) is 47.3 Å². The molecule has 0 amide bonds. The van der Waals surface area contributed by atoms with Gasteiger partial charge >= 0.3 is 0 Å². The van der Waals surface area contributed by atoms with Gasteiger partial charge in [0.15, 0.2) is 17.2 Å². The van der Waals surface area contributed by atoms with Gasteiger partial charge in [0.25, 0.3) is 0 Å². The Morgan fingerprint density at radius 1 is 0.203 bits per heavy atom. The van der Waals surface area contributed by atoms with Gasteiger partial charge in [0, 0.05) is 121 Å². The lowest BCUT2D eigenvalue weighted by Crippen LogP contribution is -2.00. The molecule has 8 heterocycles. The highest BCUT2D eigenvalue weighted by molar-refractivity contribution is 6.17. The van der Waals surface area contributed by atoms with Crippen LogP contribution in [-0.2, 0) is 0 Å². The quantitative estimate of drug-likeness (QED) is 0.110. The first kappa shape index (κ1) is 80.0. The number of aromatic nitrogens is 10. The first-order valence-electron chi connectivity index (χ1n) is 45.1. The van der Waals surface area contributed by atoms with Gasteiger partial charge < -0.3 is 27.4 Å². The number of para-hydroxylation sites is 10. The number of nitrogens with zero attached hydrogens (tertiary/aromatic N) is 16. The van der Waals surface area contributed by atoms with E-state index in [9.17, 15) is 15.8 Å². The van der Waals surface area contributed by atoms with Crippen molar-refractivity contribution in [3.63, 3.8) is 0 Å². The molecule has 0 bridgehead atoms. The normalized spacial score (nSPS) is 11.4. The second kappa shape index (κ2) is 32.5. The smallest absolute Gasteiger partial charge is 0.211 e. The number of rotatable bonds is 12. The lowest BCUT2D eigenvalue weighted by molar-refractivity contribution is 1.15. The van der Waals surface area contributed by atoms with Gasteiger partial charge in [0.1, 0.15) is 5.82 Å². The summed E-state index contributed by atoms with van der Waals surface area (Å²) in [5.41, 5.74) is 28.0. The lowest BCUT2D eigenvalue weighted by atomic mass is 10.0. The van der Waals surface area contributed by atoms with Gasteiger partial charge in [-0.15, -0.1) is 0 Å². The Hall–Kier alpha value is -20.1. The molecule has 636 valence electrons. The van der Waals surface area contributed by atoms with E-state index in [-0.39, 0.29) is 0 Å². The zero-order chi connectivity index (χ0) is 92.3. The van der Waals surface area contributed by atoms with E-state index >= 15 is 0 Å². The third-order valence-electron chi connectivity index (χ3n) is 26.7. The fourth-order valence-corrected chi connectivity index (χ4v) is 20.5. The van der Waals surface area contributed by atoms with E-state index in [1.54, 1.807) is 36.4 Å². The van der Waals surface area contributed by atoms with Crippen molar-refractivity contribution in [3.05, 3.63) is 463 Å². The van der Waals surface area contributed by atoms with Crippen LogP contribution in [0.3, 0.4) is 0 Å². The van der Waals surface area contributed by atoms with Gasteiger partial charge in [-0.05, 0) is 206 Å². The van der Waals surface area contributed by atoms with E-state index in [2.05, 4.69) is 333 Å². The summed E-state index contributed by atoms with van der Waals surface area (Å²) >= 11 is 0. The van der Waals surface area contributed by atoms with Crippen molar-refractivity contribution in [3.8, 4) is 120 Å². The van der Waals surface area contributed by atoms with Crippen LogP contribution in [0.1, 0.15) is 16.7 Å². The highest BCUT2D eigenvalue weighted by Gasteiger charge is 2.27. The first-order chi connectivity index (χ1) is 68.2. The molecule has 26 aromatic rings. The van der Waals surface area contributed by atoms with Crippen LogP contribution < -0.4 is 0 Å². The standard InChI is InChI=1S/2C61H34N8/c1-62-49-22-10-4-20-45(49)52-37-51(65-61(66-52)46-21-5-11-23-50(46)63-2)38-28-31-60(53(34-38)64-3)69-58-32-29-39(67-54-24-12-6-16-41(54)42-17-7-13-25-55(42)67)35-47(58)48-36-40(30-33-59(48)69)68-56-26-14-8-18-43(56)44-19-9-15-27-57(44)68;62-35-38-17-21-40(22-18-38)53-34-54(66-61(65-53)41-23-19-39(36-63)20-24-41)46-28-25-43(31-42(46)37-64)67-59-29-26-44(68-55-13-5-1-9-47(55)48-10-2-6-14-56(48)68)32-51(59)52-33-45(27-30-60(52)67)69-57-15-7-3-11-49(57)50-12-4-8-16-58(50)69/h4-37H;1-34H. The molecule has 0 aliphatic carbocycles. The molecule has 26 rings (SSSR count). The number of nitriles is 3. The van der Waals surface area contributed by atoms with Gasteiger partial charge in [-0.25, -0.2) is 34.5 Å².